The number of nitrogens with two attached hydrogens (primary N) is 1. The Morgan fingerprint density at radius 3 is 2.62 bits per heavy atom. The minimum absolute atomic E-state index is 0.515. The second-order valence-corrected chi connectivity index (χ2v) is 3.44. The molecule has 84 valence electrons. The van der Waals surface area contributed by atoms with Crippen molar-refractivity contribution in [1.82, 2.24) is 4.98 Å². The molecule has 0 amide bonds. The number of benzene rings is 1. The first kappa shape index (κ1) is 10.7. The number of aryl methyl sites for hydroxylation is 1. The maximum absolute atomic E-state index is 5.42. The molecule has 16 heavy (non-hydrogen) atoms. The Morgan fingerprint density at radius 2 is 2.06 bits per heavy atom. The lowest BCUT2D eigenvalue weighted by Crippen LogP contribution is -2.10. The largest absolute Gasteiger partial charge is 0.492 e. The molecule has 0 bridgehead atoms. The van der Waals surface area contributed by atoms with Crippen molar-refractivity contribution in [2.24, 2.45) is 5.73 Å². The molecule has 0 unspecified atom stereocenters. The number of oxazole rings is 1. The fraction of sp³-hybridized carbons (Fsp3) is 0.250. The van der Waals surface area contributed by atoms with E-state index in [0.29, 0.717) is 19.0 Å². The van der Waals surface area contributed by atoms with Gasteiger partial charge in [-0.15, -0.1) is 0 Å². The predicted molar refractivity (Wildman–Crippen MR) is 61.2 cm³/mol. The van der Waals surface area contributed by atoms with Crippen LogP contribution in [0.25, 0.3) is 11.5 Å². The van der Waals surface area contributed by atoms with Crippen LogP contribution in [0, 0.1) is 6.92 Å². The molecule has 1 heterocycles. The monoisotopic (exact) mass is 218 g/mol. The van der Waals surface area contributed by atoms with Gasteiger partial charge >= 0.3 is 0 Å². The van der Waals surface area contributed by atoms with Gasteiger partial charge in [-0.1, -0.05) is 0 Å². The van der Waals surface area contributed by atoms with Crippen LogP contribution in [0.2, 0.25) is 0 Å². The minimum Gasteiger partial charge on any atom is -0.492 e. The molecule has 0 aliphatic carbocycles. The van der Waals surface area contributed by atoms with Crippen LogP contribution in [0.15, 0.2) is 34.9 Å². The van der Waals surface area contributed by atoms with E-state index in [1.807, 2.05) is 31.2 Å². The van der Waals surface area contributed by atoms with Crippen molar-refractivity contribution in [3.8, 4) is 17.2 Å². The van der Waals surface area contributed by atoms with E-state index in [2.05, 4.69) is 4.98 Å². The third-order valence-corrected chi connectivity index (χ3v) is 2.11. The molecule has 0 saturated carbocycles. The van der Waals surface area contributed by atoms with Crippen LogP contribution in [0.3, 0.4) is 0 Å². The zero-order valence-corrected chi connectivity index (χ0v) is 9.14. The number of hydrogen-bond acceptors (Lipinski definition) is 4. The highest BCUT2D eigenvalue weighted by atomic mass is 16.5. The summed E-state index contributed by atoms with van der Waals surface area (Å²) in [6.45, 7) is 2.91. The molecule has 0 aliphatic rings. The van der Waals surface area contributed by atoms with Gasteiger partial charge in [-0.25, -0.2) is 4.98 Å². The van der Waals surface area contributed by atoms with Gasteiger partial charge in [0, 0.05) is 12.1 Å². The van der Waals surface area contributed by atoms with E-state index in [9.17, 15) is 0 Å². The highest BCUT2D eigenvalue weighted by Crippen LogP contribution is 2.21. The van der Waals surface area contributed by atoms with Gasteiger partial charge in [-0.2, -0.15) is 0 Å². The van der Waals surface area contributed by atoms with E-state index in [1.165, 1.54) is 0 Å². The van der Waals surface area contributed by atoms with E-state index in [0.717, 1.165) is 17.1 Å². The van der Waals surface area contributed by atoms with Crippen molar-refractivity contribution in [3.63, 3.8) is 0 Å². The topological polar surface area (TPSA) is 61.3 Å². The van der Waals surface area contributed by atoms with E-state index < -0.39 is 0 Å². The third-order valence-electron chi connectivity index (χ3n) is 2.11. The molecule has 1 aromatic heterocycles. The van der Waals surface area contributed by atoms with Crippen molar-refractivity contribution >= 4 is 0 Å². The average molecular weight is 218 g/mol. The molecule has 0 atom stereocenters. The van der Waals surface area contributed by atoms with Gasteiger partial charge < -0.3 is 14.9 Å². The molecular formula is C12H14N2O2. The normalized spacial score (nSPS) is 10.4. The first-order valence-corrected chi connectivity index (χ1v) is 5.15. The first-order chi connectivity index (χ1) is 7.79. The first-order valence-electron chi connectivity index (χ1n) is 5.15. The highest BCUT2D eigenvalue weighted by molar-refractivity contribution is 5.54. The van der Waals surface area contributed by atoms with Crippen molar-refractivity contribution < 1.29 is 9.15 Å². The minimum atomic E-state index is 0.515. The molecule has 4 nitrogen and oxygen atoms in total. The zero-order valence-electron chi connectivity index (χ0n) is 9.14. The number of hydrogen-bond donors (Lipinski definition) is 1. The molecule has 0 radical (unpaired) electrons. The molecule has 2 aromatic rings. The third kappa shape index (κ3) is 2.41. The Labute approximate surface area is 94.1 Å². The lowest BCUT2D eigenvalue weighted by atomic mass is 10.2. The van der Waals surface area contributed by atoms with Crippen LogP contribution in [-0.4, -0.2) is 18.1 Å². The van der Waals surface area contributed by atoms with Crippen LogP contribution < -0.4 is 10.5 Å². The van der Waals surface area contributed by atoms with E-state index in [4.69, 9.17) is 14.9 Å². The van der Waals surface area contributed by atoms with Gasteiger partial charge in [0.15, 0.2) is 0 Å². The van der Waals surface area contributed by atoms with Crippen LogP contribution in [0.4, 0.5) is 0 Å². The predicted octanol–water partition coefficient (Wildman–Crippen LogP) is 1.99. The molecule has 4 heteroatoms. The molecule has 0 fully saturated rings. The number of ether oxygens (including phenoxy) is 1. The van der Waals surface area contributed by atoms with Crippen molar-refractivity contribution in [3.05, 3.63) is 36.2 Å². The summed E-state index contributed by atoms with van der Waals surface area (Å²) in [6, 6.07) is 7.59. The summed E-state index contributed by atoms with van der Waals surface area (Å²) in [5, 5.41) is 0. The van der Waals surface area contributed by atoms with Gasteiger partial charge in [0.25, 0.3) is 0 Å². The summed E-state index contributed by atoms with van der Waals surface area (Å²) < 4.78 is 10.8. The number of nitrogens with zero attached hydrogens (tertiary/aromatic N) is 1. The average Bonchev–Trinajstić information content (AvgIpc) is 2.74. The molecule has 0 saturated heterocycles. The van der Waals surface area contributed by atoms with Crippen LogP contribution >= 0.6 is 0 Å². The lowest BCUT2D eigenvalue weighted by molar-refractivity contribution is 0.328. The summed E-state index contributed by atoms with van der Waals surface area (Å²) in [5.74, 6) is 2.24. The maximum Gasteiger partial charge on any atom is 0.226 e. The van der Waals surface area contributed by atoms with E-state index in [-0.39, 0.29) is 0 Å². The summed E-state index contributed by atoms with van der Waals surface area (Å²) in [7, 11) is 0. The summed E-state index contributed by atoms with van der Waals surface area (Å²) >= 11 is 0. The van der Waals surface area contributed by atoms with Gasteiger partial charge in [0.1, 0.15) is 18.1 Å². The Morgan fingerprint density at radius 1 is 1.31 bits per heavy atom. The van der Waals surface area contributed by atoms with Crippen molar-refractivity contribution in [1.29, 1.82) is 0 Å². The molecule has 0 spiro atoms. The standard InChI is InChI=1S/C12H14N2O2/c1-9-8-14-12(16-9)10-2-4-11(5-3-10)15-7-6-13/h2-5,8H,6-7,13H2,1H3. The van der Waals surface area contributed by atoms with Crippen LogP contribution in [0.5, 0.6) is 5.75 Å². The highest BCUT2D eigenvalue weighted by Gasteiger charge is 2.04. The zero-order chi connectivity index (χ0) is 11.4. The summed E-state index contributed by atoms with van der Waals surface area (Å²) in [5.41, 5.74) is 6.29. The van der Waals surface area contributed by atoms with E-state index in [1.54, 1.807) is 6.20 Å². The molecule has 0 aliphatic heterocycles. The Kier molecular flexibility index (Phi) is 3.22. The molecule has 1 aromatic carbocycles. The maximum atomic E-state index is 5.42. The van der Waals surface area contributed by atoms with Crippen molar-refractivity contribution in [2.45, 2.75) is 6.92 Å². The summed E-state index contributed by atoms with van der Waals surface area (Å²) in [6.07, 6.45) is 1.70. The Balaban J connectivity index is 2.13. The van der Waals surface area contributed by atoms with Crippen LogP contribution in [-0.2, 0) is 0 Å². The fourth-order valence-electron chi connectivity index (χ4n) is 1.36. The second-order valence-electron chi connectivity index (χ2n) is 3.44. The SMILES string of the molecule is Cc1cnc(-c2ccc(OCCN)cc2)o1. The smallest absolute Gasteiger partial charge is 0.226 e. The van der Waals surface area contributed by atoms with Gasteiger partial charge in [-0.05, 0) is 31.2 Å². The lowest BCUT2D eigenvalue weighted by Gasteiger charge is -2.04. The Hall–Kier alpha value is -1.81. The second kappa shape index (κ2) is 4.81. The molecular weight excluding hydrogens is 204 g/mol. The quantitative estimate of drug-likeness (QED) is 0.852. The number of rotatable bonds is 4. The van der Waals surface area contributed by atoms with Gasteiger partial charge in [-0.3, -0.25) is 0 Å². The Bertz CT molecular complexity index is 448. The summed E-state index contributed by atoms with van der Waals surface area (Å²) in [4.78, 5) is 4.15. The van der Waals surface area contributed by atoms with Gasteiger partial charge in [0.05, 0.1) is 6.20 Å². The van der Waals surface area contributed by atoms with Gasteiger partial charge in [0.2, 0.25) is 5.89 Å². The van der Waals surface area contributed by atoms with E-state index >= 15 is 0 Å². The van der Waals surface area contributed by atoms with Crippen LogP contribution in [0.1, 0.15) is 5.76 Å². The molecule has 2 N–H and O–H groups in total. The molecule has 2 rings (SSSR count). The fourth-order valence-corrected chi connectivity index (χ4v) is 1.36. The number of aromatic nitrogens is 1. The van der Waals surface area contributed by atoms with Crippen molar-refractivity contribution in [2.75, 3.05) is 13.2 Å².